The van der Waals surface area contributed by atoms with Crippen molar-refractivity contribution in [1.82, 2.24) is 4.57 Å². The Morgan fingerprint density at radius 2 is 1.86 bits per heavy atom. The normalized spacial score (nSPS) is 11.2. The molecule has 0 bridgehead atoms. The predicted molar refractivity (Wildman–Crippen MR) is 115 cm³/mol. The largest absolute Gasteiger partial charge is 0.494 e. The van der Waals surface area contributed by atoms with Crippen LogP contribution < -0.4 is 4.74 Å². The lowest BCUT2D eigenvalue weighted by atomic mass is 10.1. The molecule has 5 nitrogen and oxygen atoms in total. The number of nitrogens with zero attached hydrogens (tertiary/aromatic N) is 1. The number of unbranched alkanes of at least 4 members (excludes halogenated alkanes) is 2. The van der Waals surface area contributed by atoms with Crippen molar-refractivity contribution in [2.75, 3.05) is 6.61 Å². The van der Waals surface area contributed by atoms with Crippen LogP contribution in [0.5, 0.6) is 5.75 Å². The fraction of sp³-hybridized carbons (Fsp3) is 0.250. The fourth-order valence-corrected chi connectivity index (χ4v) is 3.33. The van der Waals surface area contributed by atoms with Gasteiger partial charge in [0, 0.05) is 22.7 Å². The van der Waals surface area contributed by atoms with Gasteiger partial charge in [-0.05, 0) is 61.4 Å². The average Bonchev–Trinajstić information content (AvgIpc) is 3.06. The van der Waals surface area contributed by atoms with Crippen LogP contribution >= 0.6 is 0 Å². The molecule has 1 aromatic heterocycles. The number of carboxylic acid groups (broad SMARTS) is 1. The van der Waals surface area contributed by atoms with Gasteiger partial charge in [-0.2, -0.15) is 0 Å². The van der Waals surface area contributed by atoms with Crippen molar-refractivity contribution in [3.63, 3.8) is 0 Å². The molecule has 0 amide bonds. The number of hydrogen-bond donors (Lipinski definition) is 1. The van der Waals surface area contributed by atoms with Gasteiger partial charge in [0.1, 0.15) is 5.75 Å². The van der Waals surface area contributed by atoms with Crippen LogP contribution in [0.2, 0.25) is 0 Å². The molecule has 1 heterocycles. The Bertz CT molecular complexity index is 1040. The number of aromatic nitrogens is 1. The zero-order valence-electron chi connectivity index (χ0n) is 16.7. The highest BCUT2D eigenvalue weighted by molar-refractivity contribution is 6.05. The van der Waals surface area contributed by atoms with Crippen molar-refractivity contribution >= 4 is 28.9 Å². The smallest absolute Gasteiger partial charge is 0.328 e. The van der Waals surface area contributed by atoms with Gasteiger partial charge < -0.3 is 9.84 Å². The molecule has 1 N–H and O–H groups in total. The first-order chi connectivity index (χ1) is 14.0. The van der Waals surface area contributed by atoms with Gasteiger partial charge in [0.25, 0.3) is 5.91 Å². The molecule has 150 valence electrons. The van der Waals surface area contributed by atoms with E-state index >= 15 is 0 Å². The van der Waals surface area contributed by atoms with E-state index in [1.165, 1.54) is 0 Å². The minimum absolute atomic E-state index is 0.130. The Morgan fingerprint density at radius 3 is 2.55 bits per heavy atom. The monoisotopic (exact) mass is 391 g/mol. The van der Waals surface area contributed by atoms with E-state index in [9.17, 15) is 9.59 Å². The summed E-state index contributed by atoms with van der Waals surface area (Å²) in [5.41, 5.74) is 2.87. The summed E-state index contributed by atoms with van der Waals surface area (Å²) in [5, 5.41) is 9.73. The molecule has 0 radical (unpaired) electrons. The Labute approximate surface area is 170 Å². The lowest BCUT2D eigenvalue weighted by Gasteiger charge is -2.09. The number of hydrogen-bond acceptors (Lipinski definition) is 3. The van der Waals surface area contributed by atoms with Crippen LogP contribution in [-0.4, -0.2) is 28.2 Å². The van der Waals surface area contributed by atoms with E-state index in [2.05, 4.69) is 6.92 Å². The fourth-order valence-electron chi connectivity index (χ4n) is 3.33. The molecular formula is C24H25NO4. The van der Waals surface area contributed by atoms with Crippen LogP contribution in [0.1, 0.15) is 47.8 Å². The summed E-state index contributed by atoms with van der Waals surface area (Å²) in [6, 6.07) is 14.6. The van der Waals surface area contributed by atoms with Crippen LogP contribution in [0.4, 0.5) is 0 Å². The quantitative estimate of drug-likeness (QED) is 0.418. The molecule has 0 saturated carbocycles. The van der Waals surface area contributed by atoms with Gasteiger partial charge in [0.15, 0.2) is 0 Å². The van der Waals surface area contributed by atoms with Crippen LogP contribution in [0.25, 0.3) is 17.0 Å². The van der Waals surface area contributed by atoms with Gasteiger partial charge in [-0.3, -0.25) is 9.36 Å². The van der Waals surface area contributed by atoms with Crippen LogP contribution in [0, 0.1) is 6.92 Å². The van der Waals surface area contributed by atoms with Crippen molar-refractivity contribution in [3.05, 3.63) is 71.4 Å². The molecule has 0 spiro atoms. The number of fused-ring (bicyclic) bond motifs is 1. The minimum Gasteiger partial charge on any atom is -0.494 e. The van der Waals surface area contributed by atoms with Crippen molar-refractivity contribution < 1.29 is 19.4 Å². The molecule has 0 fully saturated rings. The maximum atomic E-state index is 13.1. The molecular weight excluding hydrogens is 366 g/mol. The van der Waals surface area contributed by atoms with E-state index < -0.39 is 5.97 Å². The van der Waals surface area contributed by atoms with E-state index in [-0.39, 0.29) is 5.91 Å². The Morgan fingerprint density at radius 1 is 1.10 bits per heavy atom. The molecule has 0 saturated heterocycles. The lowest BCUT2D eigenvalue weighted by Crippen LogP contribution is -2.13. The highest BCUT2D eigenvalue weighted by Crippen LogP contribution is 2.26. The number of rotatable bonds is 8. The highest BCUT2D eigenvalue weighted by Gasteiger charge is 2.16. The molecule has 0 unspecified atom stereocenters. The summed E-state index contributed by atoms with van der Waals surface area (Å²) < 4.78 is 7.37. The van der Waals surface area contributed by atoms with Crippen LogP contribution in [0.15, 0.2) is 54.6 Å². The average molecular weight is 391 g/mol. The second-order valence-electron chi connectivity index (χ2n) is 6.96. The topological polar surface area (TPSA) is 68.5 Å². The van der Waals surface area contributed by atoms with Crippen molar-refractivity contribution in [3.8, 4) is 5.75 Å². The van der Waals surface area contributed by atoms with Crippen LogP contribution in [0.3, 0.4) is 0 Å². The summed E-state index contributed by atoms with van der Waals surface area (Å²) in [7, 11) is 0. The Kier molecular flexibility index (Phi) is 6.50. The number of aryl methyl sites for hydroxylation is 1. The predicted octanol–water partition coefficient (Wildman–Crippen LogP) is 5.31. The van der Waals surface area contributed by atoms with E-state index in [1.807, 2.05) is 43.3 Å². The summed E-state index contributed by atoms with van der Waals surface area (Å²) in [5.74, 6) is -0.381. The molecule has 0 atom stereocenters. The van der Waals surface area contributed by atoms with E-state index in [4.69, 9.17) is 9.84 Å². The van der Waals surface area contributed by atoms with Gasteiger partial charge in [0.2, 0.25) is 0 Å². The molecule has 0 aliphatic heterocycles. The van der Waals surface area contributed by atoms with E-state index in [0.717, 1.165) is 53.2 Å². The standard InChI is InChI=1S/C24H25NO4/c1-3-4-5-15-29-20-12-9-19(10-13-20)24(28)25-17(2)16-21-18(11-14-23(26)27)7-6-8-22(21)25/h6-14,16H,3-5,15H2,1-2H3,(H,26,27)/b14-11+. The molecule has 3 rings (SSSR count). The van der Waals surface area contributed by atoms with Gasteiger partial charge in [-0.1, -0.05) is 31.9 Å². The van der Waals surface area contributed by atoms with Crippen molar-refractivity contribution in [2.45, 2.75) is 33.1 Å². The van der Waals surface area contributed by atoms with Crippen LogP contribution in [-0.2, 0) is 4.79 Å². The number of carboxylic acids is 1. The maximum Gasteiger partial charge on any atom is 0.328 e. The van der Waals surface area contributed by atoms with Gasteiger partial charge >= 0.3 is 5.97 Å². The minimum atomic E-state index is -1.01. The van der Waals surface area contributed by atoms with Gasteiger partial charge in [-0.25, -0.2) is 4.79 Å². The summed E-state index contributed by atoms with van der Waals surface area (Å²) in [6.07, 6.45) is 5.95. The SMILES string of the molecule is CCCCCOc1ccc(C(=O)n2c(C)cc3c(/C=C/C(=O)O)cccc32)cc1. The van der Waals surface area contributed by atoms with Gasteiger partial charge in [0.05, 0.1) is 12.1 Å². The second kappa shape index (κ2) is 9.24. The zero-order valence-corrected chi connectivity index (χ0v) is 16.7. The zero-order chi connectivity index (χ0) is 20.8. The summed E-state index contributed by atoms with van der Waals surface area (Å²) in [4.78, 5) is 24.0. The number of aliphatic carboxylic acids is 1. The molecule has 3 aromatic rings. The number of carbonyl (C=O) groups is 2. The first kappa shape index (κ1) is 20.4. The molecule has 5 heteroatoms. The third-order valence-electron chi connectivity index (χ3n) is 4.79. The van der Waals surface area contributed by atoms with Crippen molar-refractivity contribution in [2.24, 2.45) is 0 Å². The molecule has 0 aliphatic rings. The highest BCUT2D eigenvalue weighted by atomic mass is 16.5. The number of carbonyl (C=O) groups excluding carboxylic acids is 1. The third-order valence-corrected chi connectivity index (χ3v) is 4.79. The molecule has 2 aromatic carbocycles. The molecule has 29 heavy (non-hydrogen) atoms. The van der Waals surface area contributed by atoms with Gasteiger partial charge in [-0.15, -0.1) is 0 Å². The lowest BCUT2D eigenvalue weighted by molar-refractivity contribution is -0.131. The number of benzene rings is 2. The molecule has 0 aliphatic carbocycles. The first-order valence-electron chi connectivity index (χ1n) is 9.81. The van der Waals surface area contributed by atoms with E-state index in [1.54, 1.807) is 22.8 Å². The second-order valence-corrected chi connectivity index (χ2v) is 6.96. The van der Waals surface area contributed by atoms with Crippen molar-refractivity contribution in [1.29, 1.82) is 0 Å². The third kappa shape index (κ3) is 4.74. The number of ether oxygens (including phenoxy) is 1. The maximum absolute atomic E-state index is 13.1. The summed E-state index contributed by atoms with van der Waals surface area (Å²) >= 11 is 0. The summed E-state index contributed by atoms with van der Waals surface area (Å²) in [6.45, 7) is 4.70. The van der Waals surface area contributed by atoms with E-state index in [0.29, 0.717) is 12.2 Å². The Hall–Kier alpha value is -3.34. The Balaban J connectivity index is 1.86. The first-order valence-corrected chi connectivity index (χ1v) is 9.81.